The molecule has 1 aromatic carbocycles. The third kappa shape index (κ3) is 2.90. The number of nitrogens with one attached hydrogen (secondary N) is 1. The van der Waals surface area contributed by atoms with Crippen molar-refractivity contribution in [2.75, 3.05) is 5.32 Å². The maximum Gasteiger partial charge on any atom is 0.135 e. The molecule has 0 saturated carbocycles. The first-order valence-electron chi connectivity index (χ1n) is 5.79. The van der Waals surface area contributed by atoms with E-state index in [9.17, 15) is 4.39 Å². The van der Waals surface area contributed by atoms with E-state index >= 15 is 0 Å². The Morgan fingerprint density at radius 2 is 2.26 bits per heavy atom. The fourth-order valence-electron chi connectivity index (χ4n) is 1.74. The fourth-order valence-corrected chi connectivity index (χ4v) is 1.91. The van der Waals surface area contributed by atoms with Crippen LogP contribution in [0.25, 0.3) is 0 Å². The first-order valence-corrected chi connectivity index (χ1v) is 6.20. The summed E-state index contributed by atoms with van der Waals surface area (Å²) in [5, 5.41) is 7.30. The Bertz CT molecular complexity index is 621. The van der Waals surface area contributed by atoms with Gasteiger partial charge in [0.25, 0.3) is 0 Å². The monoisotopic (exact) mass is 278 g/mol. The van der Waals surface area contributed by atoms with Crippen molar-refractivity contribution in [1.82, 2.24) is 9.78 Å². The fraction of sp³-hybridized carbons (Fsp3) is 0.231. The van der Waals surface area contributed by atoms with E-state index in [4.69, 9.17) is 18.0 Å². The standard InChI is InChI=1S/C13H15FN4S/c1-8-9(7-17-18(8)2)6-16-10-3-4-11(13(15)19)12(14)5-10/h3-5,7,16H,6H2,1-2H3,(H2,15,19). The van der Waals surface area contributed by atoms with E-state index in [1.807, 2.05) is 14.0 Å². The summed E-state index contributed by atoms with van der Waals surface area (Å²) in [6.45, 7) is 2.58. The summed E-state index contributed by atoms with van der Waals surface area (Å²) in [7, 11) is 1.88. The molecule has 2 aromatic rings. The van der Waals surface area contributed by atoms with Crippen molar-refractivity contribution in [2.24, 2.45) is 12.8 Å². The summed E-state index contributed by atoms with van der Waals surface area (Å²) in [5.74, 6) is -0.416. The Labute approximate surface area is 116 Å². The van der Waals surface area contributed by atoms with E-state index < -0.39 is 5.82 Å². The molecule has 0 aliphatic heterocycles. The van der Waals surface area contributed by atoms with Gasteiger partial charge in [-0.05, 0) is 25.1 Å². The number of benzene rings is 1. The predicted octanol–water partition coefficient (Wildman–Crippen LogP) is 2.11. The van der Waals surface area contributed by atoms with Crippen LogP contribution in [0.3, 0.4) is 0 Å². The Hall–Kier alpha value is -1.95. The Morgan fingerprint density at radius 3 is 2.79 bits per heavy atom. The number of thiocarbonyl (C=S) groups is 1. The maximum absolute atomic E-state index is 13.7. The van der Waals surface area contributed by atoms with Gasteiger partial charge in [-0.3, -0.25) is 4.68 Å². The van der Waals surface area contributed by atoms with Crippen LogP contribution in [0, 0.1) is 12.7 Å². The van der Waals surface area contributed by atoms with Crippen LogP contribution in [0.15, 0.2) is 24.4 Å². The molecule has 4 nitrogen and oxygen atoms in total. The molecule has 0 atom stereocenters. The summed E-state index contributed by atoms with van der Waals surface area (Å²) < 4.78 is 15.5. The topological polar surface area (TPSA) is 55.9 Å². The lowest BCUT2D eigenvalue weighted by molar-refractivity contribution is 0.626. The molecule has 0 saturated heterocycles. The third-order valence-electron chi connectivity index (χ3n) is 3.05. The number of hydrogen-bond acceptors (Lipinski definition) is 3. The van der Waals surface area contributed by atoms with Gasteiger partial charge in [0.2, 0.25) is 0 Å². The smallest absolute Gasteiger partial charge is 0.135 e. The average molecular weight is 278 g/mol. The molecular formula is C13H15FN4S. The highest BCUT2D eigenvalue weighted by Crippen LogP contribution is 2.16. The summed E-state index contributed by atoms with van der Waals surface area (Å²) in [6.07, 6.45) is 1.79. The summed E-state index contributed by atoms with van der Waals surface area (Å²) in [4.78, 5) is 0.0622. The molecule has 1 aromatic heterocycles. The second-order valence-corrected chi connectivity index (χ2v) is 4.73. The van der Waals surface area contributed by atoms with Gasteiger partial charge in [0, 0.05) is 36.1 Å². The van der Waals surface area contributed by atoms with Crippen molar-refractivity contribution in [2.45, 2.75) is 13.5 Å². The molecular weight excluding hydrogens is 263 g/mol. The van der Waals surface area contributed by atoms with E-state index in [0.29, 0.717) is 12.2 Å². The Kier molecular flexibility index (Phi) is 3.80. The van der Waals surface area contributed by atoms with Gasteiger partial charge in [0.05, 0.1) is 6.20 Å². The lowest BCUT2D eigenvalue weighted by Gasteiger charge is -2.08. The van der Waals surface area contributed by atoms with Gasteiger partial charge in [-0.25, -0.2) is 4.39 Å². The number of nitrogens with two attached hydrogens (primary N) is 1. The van der Waals surface area contributed by atoms with Crippen molar-refractivity contribution in [3.05, 3.63) is 47.0 Å². The van der Waals surface area contributed by atoms with Gasteiger partial charge < -0.3 is 11.1 Å². The zero-order chi connectivity index (χ0) is 14.0. The minimum absolute atomic E-state index is 0.0622. The first kappa shape index (κ1) is 13.5. The van der Waals surface area contributed by atoms with Gasteiger partial charge in [0.15, 0.2) is 0 Å². The van der Waals surface area contributed by atoms with E-state index in [1.165, 1.54) is 6.07 Å². The minimum Gasteiger partial charge on any atom is -0.389 e. The quantitative estimate of drug-likeness (QED) is 0.841. The number of aromatic nitrogens is 2. The number of nitrogens with zero attached hydrogens (tertiary/aromatic N) is 2. The van der Waals surface area contributed by atoms with Gasteiger partial charge >= 0.3 is 0 Å². The molecule has 0 aliphatic rings. The van der Waals surface area contributed by atoms with E-state index in [1.54, 1.807) is 23.0 Å². The maximum atomic E-state index is 13.7. The van der Waals surface area contributed by atoms with Gasteiger partial charge in [0.1, 0.15) is 10.8 Å². The Balaban J connectivity index is 2.10. The molecule has 0 radical (unpaired) electrons. The average Bonchev–Trinajstić information content (AvgIpc) is 2.67. The molecule has 100 valence electrons. The van der Waals surface area contributed by atoms with E-state index in [-0.39, 0.29) is 10.6 Å². The highest BCUT2D eigenvalue weighted by Gasteiger charge is 2.07. The van der Waals surface area contributed by atoms with Crippen molar-refractivity contribution >= 4 is 22.9 Å². The number of rotatable bonds is 4. The summed E-state index contributed by atoms with van der Waals surface area (Å²) >= 11 is 4.76. The van der Waals surface area contributed by atoms with Crippen molar-refractivity contribution in [3.8, 4) is 0 Å². The third-order valence-corrected chi connectivity index (χ3v) is 3.27. The van der Waals surface area contributed by atoms with Crippen LogP contribution in [0.2, 0.25) is 0 Å². The minimum atomic E-state index is -0.416. The van der Waals surface area contributed by atoms with Crippen LogP contribution < -0.4 is 11.1 Å². The molecule has 0 amide bonds. The predicted molar refractivity (Wildman–Crippen MR) is 77.6 cm³/mol. The summed E-state index contributed by atoms with van der Waals surface area (Å²) in [6, 6.07) is 4.72. The number of hydrogen-bond donors (Lipinski definition) is 2. The number of halogens is 1. The highest BCUT2D eigenvalue weighted by atomic mass is 32.1. The molecule has 19 heavy (non-hydrogen) atoms. The SMILES string of the molecule is Cc1c(CNc2ccc(C(N)=S)c(F)c2)cnn1C. The van der Waals surface area contributed by atoms with Gasteiger partial charge in [-0.1, -0.05) is 12.2 Å². The zero-order valence-electron chi connectivity index (χ0n) is 10.8. The second-order valence-electron chi connectivity index (χ2n) is 4.29. The largest absolute Gasteiger partial charge is 0.389 e. The zero-order valence-corrected chi connectivity index (χ0v) is 11.6. The first-order chi connectivity index (χ1) is 8.99. The van der Waals surface area contributed by atoms with Crippen molar-refractivity contribution in [1.29, 1.82) is 0 Å². The molecule has 0 spiro atoms. The van der Waals surface area contributed by atoms with Crippen LogP contribution >= 0.6 is 12.2 Å². The molecule has 0 aliphatic carbocycles. The van der Waals surface area contributed by atoms with Crippen LogP contribution in [0.4, 0.5) is 10.1 Å². The summed E-state index contributed by atoms with van der Waals surface area (Å²) in [5.41, 5.74) is 8.50. The van der Waals surface area contributed by atoms with Crippen molar-refractivity contribution in [3.63, 3.8) is 0 Å². The second kappa shape index (κ2) is 5.36. The lowest BCUT2D eigenvalue weighted by atomic mass is 10.2. The number of anilines is 1. The molecule has 0 bridgehead atoms. The van der Waals surface area contributed by atoms with Crippen molar-refractivity contribution < 1.29 is 4.39 Å². The highest BCUT2D eigenvalue weighted by molar-refractivity contribution is 7.80. The molecule has 0 fully saturated rings. The number of aryl methyl sites for hydroxylation is 1. The van der Waals surface area contributed by atoms with Crippen LogP contribution in [0.5, 0.6) is 0 Å². The van der Waals surface area contributed by atoms with Crippen LogP contribution in [-0.4, -0.2) is 14.8 Å². The molecule has 0 unspecified atom stereocenters. The lowest BCUT2D eigenvalue weighted by Crippen LogP contribution is -2.12. The molecule has 1 heterocycles. The van der Waals surface area contributed by atoms with Crippen LogP contribution in [0.1, 0.15) is 16.8 Å². The molecule has 6 heteroatoms. The van der Waals surface area contributed by atoms with Gasteiger partial charge in [-0.15, -0.1) is 0 Å². The Morgan fingerprint density at radius 1 is 1.53 bits per heavy atom. The van der Waals surface area contributed by atoms with E-state index in [2.05, 4.69) is 10.4 Å². The van der Waals surface area contributed by atoms with E-state index in [0.717, 1.165) is 11.3 Å². The molecule has 3 N–H and O–H groups in total. The van der Waals surface area contributed by atoms with Crippen LogP contribution in [-0.2, 0) is 13.6 Å². The normalized spacial score (nSPS) is 10.5. The van der Waals surface area contributed by atoms with Gasteiger partial charge in [-0.2, -0.15) is 5.10 Å². The molecule has 2 rings (SSSR count).